The van der Waals surface area contributed by atoms with Gasteiger partial charge in [0.2, 0.25) is 0 Å². The standard InChI is InChI=1S/C8H16FS/c9-7-5-3-1-2-4-6-8-10/h1-8H2. The fourth-order valence-corrected chi connectivity index (χ4v) is 1.11. The summed E-state index contributed by atoms with van der Waals surface area (Å²) in [6.07, 6.45) is 6.60. The summed E-state index contributed by atoms with van der Waals surface area (Å²) in [6.45, 7) is -0.152. The molecule has 0 saturated carbocycles. The Labute approximate surface area is 68.6 Å². The number of unbranched alkanes of at least 4 members (excludes halogenated alkanes) is 5. The first kappa shape index (κ1) is 10.3. The molecule has 0 aromatic heterocycles. The van der Waals surface area contributed by atoms with Crippen LogP contribution in [0.3, 0.4) is 0 Å². The molecular formula is C8H16FS. The Hall–Kier alpha value is 0.280. The third kappa shape index (κ3) is 8.28. The molecule has 0 aliphatic carbocycles. The molecule has 0 nitrogen and oxygen atoms in total. The van der Waals surface area contributed by atoms with Crippen LogP contribution >= 0.6 is 12.6 Å². The van der Waals surface area contributed by atoms with Crippen molar-refractivity contribution in [2.45, 2.75) is 38.5 Å². The highest BCUT2D eigenvalue weighted by atomic mass is 32.1. The molecule has 0 aliphatic rings. The van der Waals surface area contributed by atoms with Gasteiger partial charge in [0.25, 0.3) is 0 Å². The van der Waals surface area contributed by atoms with Gasteiger partial charge in [-0.05, 0) is 12.8 Å². The van der Waals surface area contributed by atoms with Crippen molar-refractivity contribution in [3.8, 4) is 0 Å². The first-order valence-corrected chi connectivity index (χ1v) is 4.63. The molecule has 0 rings (SSSR count). The number of hydrogen-bond acceptors (Lipinski definition) is 0. The van der Waals surface area contributed by atoms with E-state index in [0.29, 0.717) is 0 Å². The Morgan fingerprint density at radius 1 is 0.800 bits per heavy atom. The molecule has 10 heavy (non-hydrogen) atoms. The number of halogens is 1. The maximum atomic E-state index is 11.6. The van der Waals surface area contributed by atoms with E-state index < -0.39 is 0 Å². The fourth-order valence-electron chi connectivity index (χ4n) is 0.904. The van der Waals surface area contributed by atoms with E-state index in [4.69, 9.17) is 12.6 Å². The van der Waals surface area contributed by atoms with Gasteiger partial charge in [0.15, 0.2) is 0 Å². The predicted octanol–water partition coefficient (Wildman–Crippen LogP) is 3.49. The molecule has 0 aromatic rings. The molecule has 0 aromatic carbocycles. The Morgan fingerprint density at radius 2 is 1.30 bits per heavy atom. The number of rotatable bonds is 7. The average molecular weight is 163 g/mol. The van der Waals surface area contributed by atoms with Crippen LogP contribution in [0.2, 0.25) is 0 Å². The van der Waals surface area contributed by atoms with Gasteiger partial charge in [0, 0.05) is 5.75 Å². The second-order valence-corrected chi connectivity index (χ2v) is 2.92. The summed E-state index contributed by atoms with van der Waals surface area (Å²) in [5, 5.41) is 0. The van der Waals surface area contributed by atoms with Crippen molar-refractivity contribution < 1.29 is 4.39 Å². The average Bonchev–Trinajstić information content (AvgIpc) is 1.97. The van der Waals surface area contributed by atoms with Crippen LogP contribution < -0.4 is 0 Å². The third-order valence-corrected chi connectivity index (χ3v) is 1.82. The molecule has 0 amide bonds. The summed E-state index contributed by atoms with van der Waals surface area (Å²) in [7, 11) is 0. The summed E-state index contributed by atoms with van der Waals surface area (Å²) in [5.74, 6) is 0.878. The molecule has 0 aliphatic heterocycles. The maximum Gasteiger partial charge on any atom is 0.0894 e. The molecule has 1 radical (unpaired) electrons. The van der Waals surface area contributed by atoms with E-state index in [-0.39, 0.29) is 6.67 Å². The molecule has 0 atom stereocenters. The molecule has 0 saturated heterocycles. The Kier molecular flexibility index (Phi) is 9.54. The summed E-state index contributed by atoms with van der Waals surface area (Å²) >= 11 is 4.79. The molecule has 61 valence electrons. The highest BCUT2D eigenvalue weighted by Crippen LogP contribution is 2.05. The highest BCUT2D eigenvalue weighted by molar-refractivity contribution is 7.80. The minimum absolute atomic E-state index is 0.152. The molecule has 0 spiro atoms. The summed E-state index contributed by atoms with van der Waals surface area (Å²) in [6, 6.07) is 0. The van der Waals surface area contributed by atoms with Gasteiger partial charge in [-0.15, -0.1) is 0 Å². The third-order valence-electron chi connectivity index (χ3n) is 1.53. The topological polar surface area (TPSA) is 0 Å². The summed E-state index contributed by atoms with van der Waals surface area (Å²) in [4.78, 5) is 0. The van der Waals surface area contributed by atoms with Crippen LogP contribution in [-0.4, -0.2) is 12.4 Å². The number of alkyl halides is 1. The molecule has 2 heteroatoms. The molecule has 0 N–H and O–H groups in total. The second-order valence-electron chi connectivity index (χ2n) is 2.51. The van der Waals surface area contributed by atoms with Gasteiger partial charge in [-0.3, -0.25) is 4.39 Å². The molecular weight excluding hydrogens is 147 g/mol. The summed E-state index contributed by atoms with van der Waals surface area (Å²) < 4.78 is 11.6. The first-order valence-electron chi connectivity index (χ1n) is 4.06. The fraction of sp³-hybridized carbons (Fsp3) is 1.00. The van der Waals surface area contributed by atoms with Gasteiger partial charge < -0.3 is 0 Å². The molecule has 0 fully saturated rings. The number of hydrogen-bond donors (Lipinski definition) is 0. The van der Waals surface area contributed by atoms with Crippen LogP contribution in [0.1, 0.15) is 38.5 Å². The lowest BCUT2D eigenvalue weighted by Gasteiger charge is -1.96. The molecule has 0 unspecified atom stereocenters. The lowest BCUT2D eigenvalue weighted by atomic mass is 10.1. The molecule has 0 heterocycles. The zero-order chi connectivity index (χ0) is 7.66. The SMILES string of the molecule is FCCCCCCCC[S]. The highest BCUT2D eigenvalue weighted by Gasteiger charge is 1.88. The summed E-state index contributed by atoms with van der Waals surface area (Å²) in [5.41, 5.74) is 0. The van der Waals surface area contributed by atoms with E-state index >= 15 is 0 Å². The molecule has 0 bridgehead atoms. The van der Waals surface area contributed by atoms with Crippen LogP contribution in [0.5, 0.6) is 0 Å². The van der Waals surface area contributed by atoms with Crippen LogP contribution in [0.4, 0.5) is 4.39 Å². The maximum absolute atomic E-state index is 11.6. The van der Waals surface area contributed by atoms with Crippen LogP contribution in [0.15, 0.2) is 0 Å². The lowest BCUT2D eigenvalue weighted by Crippen LogP contribution is -1.81. The van der Waals surface area contributed by atoms with Crippen molar-refractivity contribution >= 4 is 12.6 Å². The van der Waals surface area contributed by atoms with Crippen molar-refractivity contribution in [3.63, 3.8) is 0 Å². The Bertz CT molecular complexity index is 49.2. The van der Waals surface area contributed by atoms with Crippen molar-refractivity contribution in [2.24, 2.45) is 0 Å². The van der Waals surface area contributed by atoms with Gasteiger partial charge in [0.05, 0.1) is 6.67 Å². The zero-order valence-corrected chi connectivity index (χ0v) is 7.26. The van der Waals surface area contributed by atoms with Gasteiger partial charge in [-0.2, -0.15) is 0 Å². The Balaban J connectivity index is 2.65. The predicted molar refractivity (Wildman–Crippen MR) is 46.1 cm³/mol. The first-order chi connectivity index (χ1) is 4.91. The monoisotopic (exact) mass is 163 g/mol. The Morgan fingerprint density at radius 3 is 1.80 bits per heavy atom. The van der Waals surface area contributed by atoms with Gasteiger partial charge >= 0.3 is 0 Å². The quantitative estimate of drug-likeness (QED) is 0.504. The van der Waals surface area contributed by atoms with Gasteiger partial charge in [0.1, 0.15) is 0 Å². The zero-order valence-electron chi connectivity index (χ0n) is 6.44. The van der Waals surface area contributed by atoms with E-state index in [1.165, 1.54) is 19.3 Å². The van der Waals surface area contributed by atoms with E-state index in [1.54, 1.807) is 0 Å². The van der Waals surface area contributed by atoms with Crippen LogP contribution in [-0.2, 0) is 0 Å². The van der Waals surface area contributed by atoms with Gasteiger partial charge in [-0.25, -0.2) is 0 Å². The van der Waals surface area contributed by atoms with Crippen molar-refractivity contribution in [1.82, 2.24) is 0 Å². The largest absolute Gasteiger partial charge is 0.251 e. The van der Waals surface area contributed by atoms with E-state index in [1.807, 2.05) is 0 Å². The minimum Gasteiger partial charge on any atom is -0.251 e. The van der Waals surface area contributed by atoms with Crippen molar-refractivity contribution in [3.05, 3.63) is 0 Å². The van der Waals surface area contributed by atoms with E-state index in [9.17, 15) is 4.39 Å². The van der Waals surface area contributed by atoms with Crippen molar-refractivity contribution in [1.29, 1.82) is 0 Å². The lowest BCUT2D eigenvalue weighted by molar-refractivity contribution is 0.451. The second kappa shape index (κ2) is 9.28. The van der Waals surface area contributed by atoms with E-state index in [2.05, 4.69) is 0 Å². The van der Waals surface area contributed by atoms with Crippen LogP contribution in [0, 0.1) is 0 Å². The smallest absolute Gasteiger partial charge is 0.0894 e. The van der Waals surface area contributed by atoms with E-state index in [0.717, 1.165) is 25.0 Å². The van der Waals surface area contributed by atoms with Crippen LogP contribution in [0.25, 0.3) is 0 Å². The van der Waals surface area contributed by atoms with Gasteiger partial charge in [-0.1, -0.05) is 38.3 Å². The normalized spacial score (nSPS) is 10.2. The minimum atomic E-state index is -0.152. The van der Waals surface area contributed by atoms with Crippen molar-refractivity contribution in [2.75, 3.05) is 12.4 Å².